The molecule has 4 nitrogen and oxygen atoms in total. The fourth-order valence-electron chi connectivity index (χ4n) is 4.74. The van der Waals surface area contributed by atoms with Crippen molar-refractivity contribution >= 4 is 5.91 Å². The number of hydrogen-bond acceptors (Lipinski definition) is 3. The number of nitrogens with one attached hydrogen (secondary N) is 2. The molecule has 2 N–H and O–H groups in total. The van der Waals surface area contributed by atoms with Gasteiger partial charge in [0, 0.05) is 12.1 Å². The highest BCUT2D eigenvalue weighted by atomic mass is 16.5. The number of methoxy groups -OCH3 is 1. The molecule has 1 aromatic rings. The van der Waals surface area contributed by atoms with Crippen LogP contribution in [0.4, 0.5) is 0 Å². The Bertz CT molecular complexity index is 601. The summed E-state index contributed by atoms with van der Waals surface area (Å²) in [6.45, 7) is 3.04. The molecule has 3 aliphatic carbocycles. The van der Waals surface area contributed by atoms with Crippen molar-refractivity contribution in [1.29, 1.82) is 0 Å². The Hall–Kier alpha value is -1.55. The van der Waals surface area contributed by atoms with Crippen LogP contribution in [0.5, 0.6) is 5.75 Å². The minimum atomic E-state index is 0.0522. The lowest BCUT2D eigenvalue weighted by atomic mass is 9.61. The van der Waals surface area contributed by atoms with Gasteiger partial charge in [0.1, 0.15) is 5.75 Å². The Kier molecular flexibility index (Phi) is 3.19. The van der Waals surface area contributed by atoms with E-state index in [0.717, 1.165) is 29.3 Å². The van der Waals surface area contributed by atoms with Crippen LogP contribution in [0, 0.1) is 18.8 Å². The first-order chi connectivity index (χ1) is 10.6. The van der Waals surface area contributed by atoms with Gasteiger partial charge in [-0.25, -0.2) is 0 Å². The van der Waals surface area contributed by atoms with E-state index in [1.54, 1.807) is 7.11 Å². The van der Waals surface area contributed by atoms with E-state index in [9.17, 15) is 4.79 Å². The summed E-state index contributed by atoms with van der Waals surface area (Å²) in [4.78, 5) is 12.7. The zero-order chi connectivity index (χ0) is 15.3. The van der Waals surface area contributed by atoms with Crippen LogP contribution in [0.3, 0.4) is 0 Å². The second-order valence-corrected chi connectivity index (χ2v) is 7.14. The van der Waals surface area contributed by atoms with E-state index in [0.29, 0.717) is 12.0 Å². The molecule has 2 atom stereocenters. The van der Waals surface area contributed by atoms with Crippen molar-refractivity contribution in [3.8, 4) is 5.75 Å². The predicted octanol–water partition coefficient (Wildman–Crippen LogP) is 2.26. The van der Waals surface area contributed by atoms with E-state index < -0.39 is 0 Å². The zero-order valence-electron chi connectivity index (χ0n) is 13.3. The Morgan fingerprint density at radius 2 is 2.05 bits per heavy atom. The molecule has 1 heterocycles. The Labute approximate surface area is 131 Å². The van der Waals surface area contributed by atoms with Crippen LogP contribution in [-0.4, -0.2) is 31.1 Å². The Balaban J connectivity index is 1.53. The van der Waals surface area contributed by atoms with Crippen LogP contribution in [-0.2, 0) is 0 Å². The van der Waals surface area contributed by atoms with Crippen molar-refractivity contribution in [2.24, 2.45) is 11.8 Å². The lowest BCUT2D eigenvalue weighted by molar-refractivity contribution is 0.0634. The first-order valence-electron chi connectivity index (χ1n) is 8.34. The van der Waals surface area contributed by atoms with E-state index in [2.05, 4.69) is 10.6 Å². The zero-order valence-corrected chi connectivity index (χ0v) is 13.3. The third-order valence-corrected chi connectivity index (χ3v) is 6.06. The number of fused-ring (bicyclic) bond motifs is 2. The summed E-state index contributed by atoms with van der Waals surface area (Å²) in [5, 5.41) is 6.92. The van der Waals surface area contributed by atoms with Crippen LogP contribution >= 0.6 is 0 Å². The maximum atomic E-state index is 12.7. The van der Waals surface area contributed by atoms with Gasteiger partial charge in [-0.3, -0.25) is 4.79 Å². The van der Waals surface area contributed by atoms with Crippen molar-refractivity contribution < 1.29 is 9.53 Å². The third-order valence-electron chi connectivity index (χ3n) is 6.06. The van der Waals surface area contributed by atoms with Crippen LogP contribution in [0.15, 0.2) is 18.2 Å². The van der Waals surface area contributed by atoms with Crippen LogP contribution in [0.2, 0.25) is 0 Å². The minimum absolute atomic E-state index is 0.0522. The molecule has 1 aliphatic heterocycles. The van der Waals surface area contributed by atoms with E-state index in [1.807, 2.05) is 25.1 Å². The number of carbonyl (C=O) groups excluding carboxylic acids is 1. The number of aryl methyl sites for hydroxylation is 1. The first-order valence-corrected chi connectivity index (χ1v) is 8.34. The molecule has 0 radical (unpaired) electrons. The molecule has 1 spiro atoms. The second kappa shape index (κ2) is 4.98. The fraction of sp³-hybridized carbons (Fsp3) is 0.611. The number of hydrogen-bond donors (Lipinski definition) is 2. The highest BCUT2D eigenvalue weighted by molar-refractivity contribution is 5.95. The maximum absolute atomic E-state index is 12.7. The molecule has 1 amide bonds. The molecule has 5 rings (SSSR count). The van der Waals surface area contributed by atoms with E-state index >= 15 is 0 Å². The third kappa shape index (κ3) is 2.04. The molecule has 118 valence electrons. The molecular weight excluding hydrogens is 276 g/mol. The molecule has 0 aromatic heterocycles. The fourth-order valence-corrected chi connectivity index (χ4v) is 4.74. The average Bonchev–Trinajstić information content (AvgIpc) is 3.32. The molecule has 4 aliphatic rings. The molecule has 1 aromatic carbocycles. The molecule has 1 saturated heterocycles. The van der Waals surface area contributed by atoms with Gasteiger partial charge in [-0.15, -0.1) is 0 Å². The normalized spacial score (nSPS) is 35.5. The largest absolute Gasteiger partial charge is 0.496 e. The monoisotopic (exact) mass is 300 g/mol. The van der Waals surface area contributed by atoms with Gasteiger partial charge in [-0.2, -0.15) is 0 Å². The van der Waals surface area contributed by atoms with Crippen molar-refractivity contribution in [2.45, 2.75) is 44.2 Å². The summed E-state index contributed by atoms with van der Waals surface area (Å²) in [5.41, 5.74) is 1.94. The smallest absolute Gasteiger partial charge is 0.251 e. The summed E-state index contributed by atoms with van der Waals surface area (Å²) in [6, 6.07) is 5.95. The summed E-state index contributed by atoms with van der Waals surface area (Å²) >= 11 is 0. The SMILES string of the molecule is COc1ccc(C(=O)NC2C3CCC(CC3)[C@@]23CN3)cc1C. The van der Waals surface area contributed by atoms with Gasteiger partial charge in [-0.05, 0) is 68.2 Å². The van der Waals surface area contributed by atoms with E-state index in [-0.39, 0.29) is 11.4 Å². The van der Waals surface area contributed by atoms with Gasteiger partial charge in [0.15, 0.2) is 0 Å². The number of amides is 1. The summed E-state index contributed by atoms with van der Waals surface area (Å²) in [7, 11) is 1.66. The van der Waals surface area contributed by atoms with Crippen LogP contribution in [0.1, 0.15) is 41.6 Å². The number of ether oxygens (including phenoxy) is 1. The topological polar surface area (TPSA) is 60.3 Å². The van der Waals surface area contributed by atoms with Crippen LogP contribution < -0.4 is 15.4 Å². The molecular formula is C18H24N2O2. The minimum Gasteiger partial charge on any atom is -0.496 e. The molecule has 22 heavy (non-hydrogen) atoms. The van der Waals surface area contributed by atoms with Gasteiger partial charge in [0.05, 0.1) is 18.7 Å². The highest BCUT2D eigenvalue weighted by Gasteiger charge is 2.61. The standard InChI is InChI=1S/C18H24N2O2/c1-11-9-13(5-8-15(11)22-2)17(21)20-16-12-3-6-14(7-4-12)18(16)10-19-18/h5,8-9,12,14,16,19H,3-4,6-7,10H2,1-2H3,(H,20,21)/t12?,14?,16?,18-/m0/s1. The van der Waals surface area contributed by atoms with Crippen molar-refractivity contribution in [3.63, 3.8) is 0 Å². The van der Waals surface area contributed by atoms with E-state index in [4.69, 9.17) is 4.74 Å². The lowest BCUT2D eigenvalue weighted by Gasteiger charge is -2.48. The van der Waals surface area contributed by atoms with Gasteiger partial charge in [-0.1, -0.05) is 0 Å². The average molecular weight is 300 g/mol. The Morgan fingerprint density at radius 3 is 2.64 bits per heavy atom. The first kappa shape index (κ1) is 14.1. The highest BCUT2D eigenvalue weighted by Crippen LogP contribution is 2.51. The van der Waals surface area contributed by atoms with Crippen molar-refractivity contribution in [1.82, 2.24) is 10.6 Å². The lowest BCUT2D eigenvalue weighted by Crippen LogP contribution is -2.60. The second-order valence-electron chi connectivity index (χ2n) is 7.14. The van der Waals surface area contributed by atoms with Gasteiger partial charge in [0.2, 0.25) is 0 Å². The summed E-state index contributed by atoms with van der Waals surface area (Å²) in [6.07, 6.45) is 5.18. The van der Waals surface area contributed by atoms with Crippen molar-refractivity contribution in [2.75, 3.05) is 13.7 Å². The molecule has 4 fully saturated rings. The van der Waals surface area contributed by atoms with Gasteiger partial charge >= 0.3 is 0 Å². The van der Waals surface area contributed by atoms with E-state index in [1.165, 1.54) is 25.7 Å². The quantitative estimate of drug-likeness (QED) is 0.842. The maximum Gasteiger partial charge on any atom is 0.251 e. The van der Waals surface area contributed by atoms with Gasteiger partial charge < -0.3 is 15.4 Å². The Morgan fingerprint density at radius 1 is 1.32 bits per heavy atom. The van der Waals surface area contributed by atoms with Crippen LogP contribution in [0.25, 0.3) is 0 Å². The summed E-state index contributed by atoms with van der Waals surface area (Å²) in [5.74, 6) is 2.27. The van der Waals surface area contributed by atoms with Gasteiger partial charge in [0.25, 0.3) is 5.91 Å². The number of carbonyl (C=O) groups is 1. The number of benzene rings is 1. The predicted molar refractivity (Wildman–Crippen MR) is 85.2 cm³/mol. The molecule has 3 saturated carbocycles. The molecule has 2 bridgehead atoms. The molecule has 1 unspecified atom stereocenters. The summed E-state index contributed by atoms with van der Waals surface area (Å²) < 4.78 is 5.27. The molecule has 4 heteroatoms. The van der Waals surface area contributed by atoms with Crippen molar-refractivity contribution in [3.05, 3.63) is 29.3 Å². The number of rotatable bonds is 3.